The first kappa shape index (κ1) is 31.4. The Bertz CT molecular complexity index is 1430. The molecule has 13 heteroatoms. The monoisotopic (exact) mass is 610 g/mol. The van der Waals surface area contributed by atoms with Crippen molar-refractivity contribution in [3.8, 4) is 0 Å². The second kappa shape index (κ2) is 14.1. The van der Waals surface area contributed by atoms with Gasteiger partial charge >= 0.3 is 23.9 Å². The number of ether oxygens (including phenoxy) is 5. The van der Waals surface area contributed by atoms with Crippen LogP contribution in [0.15, 0.2) is 71.4 Å². The van der Waals surface area contributed by atoms with E-state index < -0.39 is 59.6 Å². The van der Waals surface area contributed by atoms with Crippen LogP contribution in [0.1, 0.15) is 33.3 Å². The summed E-state index contributed by atoms with van der Waals surface area (Å²) in [7, 11) is 0. The van der Waals surface area contributed by atoms with Gasteiger partial charge in [0.15, 0.2) is 28.9 Å². The largest absolute Gasteiger partial charge is 0.463 e. The molecule has 12 nitrogen and oxygen atoms in total. The molecular weight excluding hydrogens is 580 g/mol. The van der Waals surface area contributed by atoms with E-state index in [4.69, 9.17) is 23.7 Å². The van der Waals surface area contributed by atoms with E-state index in [2.05, 4.69) is 4.99 Å². The maximum atomic E-state index is 13.7. The minimum atomic E-state index is -1.35. The predicted molar refractivity (Wildman–Crippen MR) is 155 cm³/mol. The summed E-state index contributed by atoms with van der Waals surface area (Å²) < 4.78 is 27.9. The van der Waals surface area contributed by atoms with Gasteiger partial charge in [-0.25, -0.2) is 4.99 Å². The SMILES string of the molecule is CC(=O)OC[C@@H]1O[C@@H](SC2=N/C(=C\c3ccccc3)C(=O)N2c2ccccc2)[C@H](OC(C)=O)[C@@H](OC(C)=O)[C@H]1OC(C)=O. The molecule has 43 heavy (non-hydrogen) atoms. The first-order chi connectivity index (χ1) is 20.5. The van der Waals surface area contributed by atoms with Gasteiger partial charge in [-0.1, -0.05) is 60.3 Å². The van der Waals surface area contributed by atoms with Gasteiger partial charge in [-0.05, 0) is 23.8 Å². The Labute approximate surface area is 252 Å². The van der Waals surface area contributed by atoms with Crippen molar-refractivity contribution in [2.45, 2.75) is 57.5 Å². The molecule has 2 aromatic carbocycles. The van der Waals surface area contributed by atoms with E-state index in [1.807, 2.05) is 30.3 Å². The normalized spacial score (nSPS) is 24.2. The standard InChI is InChI=1S/C30H30N2O10S/c1-17(33)38-16-24-25(39-18(2)34)26(40-19(3)35)27(41-20(4)36)29(42-24)43-30-31-23(15-21-11-7-5-8-12-21)28(37)32(30)22-13-9-6-10-14-22/h5-15,24-27,29H,16H2,1-4H3/b23-15-/t24-,25-,26-,27+,29-/m0/s1. The fourth-order valence-corrected chi connectivity index (χ4v) is 5.67. The van der Waals surface area contributed by atoms with Gasteiger partial charge in [0.25, 0.3) is 5.91 Å². The zero-order valence-corrected chi connectivity index (χ0v) is 24.6. The van der Waals surface area contributed by atoms with Gasteiger partial charge in [-0.2, -0.15) is 0 Å². The second-order valence-corrected chi connectivity index (χ2v) is 10.6. The number of hydrogen-bond donors (Lipinski definition) is 0. The number of para-hydroxylation sites is 1. The lowest BCUT2D eigenvalue weighted by molar-refractivity contribution is -0.237. The number of anilines is 1. The smallest absolute Gasteiger partial charge is 0.303 e. The molecule has 2 aliphatic rings. The first-order valence-corrected chi connectivity index (χ1v) is 14.1. The highest BCUT2D eigenvalue weighted by Gasteiger charge is 2.53. The molecular formula is C30H30N2O10S. The van der Waals surface area contributed by atoms with Gasteiger partial charge < -0.3 is 23.7 Å². The van der Waals surface area contributed by atoms with E-state index in [9.17, 15) is 24.0 Å². The summed E-state index contributed by atoms with van der Waals surface area (Å²) in [5, 5.41) is 0.180. The highest BCUT2D eigenvalue weighted by Crippen LogP contribution is 2.38. The van der Waals surface area contributed by atoms with Crippen LogP contribution in [0.5, 0.6) is 0 Å². The number of carbonyl (C=O) groups excluding carboxylic acids is 5. The van der Waals surface area contributed by atoms with Gasteiger partial charge in [-0.3, -0.25) is 28.9 Å². The van der Waals surface area contributed by atoms with Crippen LogP contribution in [0, 0.1) is 0 Å². The Morgan fingerprint density at radius 2 is 1.37 bits per heavy atom. The van der Waals surface area contributed by atoms with E-state index in [0.717, 1.165) is 38.1 Å². The predicted octanol–water partition coefficient (Wildman–Crippen LogP) is 3.25. The number of esters is 4. The maximum Gasteiger partial charge on any atom is 0.303 e. The van der Waals surface area contributed by atoms with Crippen LogP contribution in [0.3, 0.4) is 0 Å². The average Bonchev–Trinajstić information content (AvgIpc) is 3.25. The van der Waals surface area contributed by atoms with Crippen molar-refractivity contribution in [1.29, 1.82) is 0 Å². The van der Waals surface area contributed by atoms with Gasteiger partial charge in [-0.15, -0.1) is 0 Å². The number of amidine groups is 1. The summed E-state index contributed by atoms with van der Waals surface area (Å²) in [5.74, 6) is -3.25. The fourth-order valence-electron chi connectivity index (χ4n) is 4.47. The lowest BCUT2D eigenvalue weighted by atomic mass is 9.99. The number of thioether (sulfide) groups is 1. The quantitative estimate of drug-likeness (QED) is 0.246. The van der Waals surface area contributed by atoms with Crippen LogP contribution in [-0.4, -0.2) is 71.4 Å². The molecule has 1 amide bonds. The Kier molecular flexibility index (Phi) is 10.3. The summed E-state index contributed by atoms with van der Waals surface area (Å²) in [6, 6.07) is 17.9. The summed E-state index contributed by atoms with van der Waals surface area (Å²) in [6.07, 6.45) is -3.46. The molecule has 0 unspecified atom stereocenters. The number of hydrogen-bond acceptors (Lipinski definition) is 12. The fraction of sp³-hybridized carbons (Fsp3) is 0.333. The molecule has 1 saturated heterocycles. The van der Waals surface area contributed by atoms with Crippen LogP contribution in [0.25, 0.3) is 6.08 Å². The van der Waals surface area contributed by atoms with Gasteiger partial charge in [0.1, 0.15) is 18.4 Å². The molecule has 1 fully saturated rings. The molecule has 2 aliphatic heterocycles. The van der Waals surface area contributed by atoms with Crippen molar-refractivity contribution in [3.63, 3.8) is 0 Å². The number of aliphatic imine (C=N–C) groups is 1. The van der Waals surface area contributed by atoms with Crippen molar-refractivity contribution in [3.05, 3.63) is 71.9 Å². The van der Waals surface area contributed by atoms with Crippen molar-refractivity contribution >= 4 is 58.5 Å². The third kappa shape index (κ3) is 8.08. The van der Waals surface area contributed by atoms with Crippen LogP contribution < -0.4 is 4.90 Å². The summed E-state index contributed by atoms with van der Waals surface area (Å²) >= 11 is 0.932. The van der Waals surface area contributed by atoms with Gasteiger partial charge in [0.05, 0.1) is 5.69 Å². The van der Waals surface area contributed by atoms with Gasteiger partial charge in [0.2, 0.25) is 0 Å². The van der Waals surface area contributed by atoms with E-state index >= 15 is 0 Å². The molecule has 0 saturated carbocycles. The Balaban J connectivity index is 1.78. The molecule has 0 radical (unpaired) electrons. The van der Waals surface area contributed by atoms with E-state index in [1.54, 1.807) is 36.4 Å². The van der Waals surface area contributed by atoms with E-state index in [0.29, 0.717) is 5.69 Å². The number of nitrogens with zero attached hydrogens (tertiary/aromatic N) is 2. The topological polar surface area (TPSA) is 147 Å². The maximum absolute atomic E-state index is 13.7. The number of amides is 1. The summed E-state index contributed by atoms with van der Waals surface area (Å²) in [5.41, 5.74) is 0.250. The summed E-state index contributed by atoms with van der Waals surface area (Å²) in [6.45, 7) is 4.27. The third-order valence-electron chi connectivity index (χ3n) is 6.12. The lowest BCUT2D eigenvalue weighted by Gasteiger charge is -2.44. The molecule has 2 heterocycles. The zero-order chi connectivity index (χ0) is 31.1. The Morgan fingerprint density at radius 1 is 0.814 bits per heavy atom. The molecule has 0 N–H and O–H groups in total. The van der Waals surface area contributed by atoms with E-state index in [-0.39, 0.29) is 17.5 Å². The highest BCUT2D eigenvalue weighted by atomic mass is 32.2. The zero-order valence-electron chi connectivity index (χ0n) is 23.8. The van der Waals surface area contributed by atoms with Gasteiger partial charge in [0, 0.05) is 27.7 Å². The Morgan fingerprint density at radius 3 is 1.95 bits per heavy atom. The first-order valence-electron chi connectivity index (χ1n) is 13.3. The number of carbonyl (C=O) groups is 5. The van der Waals surface area contributed by atoms with Crippen molar-refractivity contribution in [2.24, 2.45) is 4.99 Å². The van der Waals surface area contributed by atoms with Crippen LogP contribution in [0.4, 0.5) is 5.69 Å². The molecule has 226 valence electrons. The molecule has 0 aliphatic carbocycles. The molecule has 4 rings (SSSR count). The Hall–Kier alpha value is -4.49. The highest BCUT2D eigenvalue weighted by molar-refractivity contribution is 8.14. The van der Waals surface area contributed by atoms with Crippen LogP contribution >= 0.6 is 11.8 Å². The molecule has 5 atom stereocenters. The summed E-state index contributed by atoms with van der Waals surface area (Å²) in [4.78, 5) is 67.7. The van der Waals surface area contributed by atoms with Crippen molar-refractivity contribution in [2.75, 3.05) is 11.5 Å². The molecule has 0 aromatic heterocycles. The van der Waals surface area contributed by atoms with Crippen LogP contribution in [-0.2, 0) is 47.7 Å². The van der Waals surface area contributed by atoms with Crippen LogP contribution in [0.2, 0.25) is 0 Å². The molecule has 0 spiro atoms. The minimum Gasteiger partial charge on any atom is -0.463 e. The van der Waals surface area contributed by atoms with Crippen molar-refractivity contribution < 1.29 is 47.7 Å². The molecule has 0 bridgehead atoms. The molecule has 2 aromatic rings. The third-order valence-corrected chi connectivity index (χ3v) is 7.21. The average molecular weight is 611 g/mol. The number of benzene rings is 2. The lowest BCUT2D eigenvalue weighted by Crippen LogP contribution is -2.61. The number of rotatable bonds is 8. The van der Waals surface area contributed by atoms with Crippen molar-refractivity contribution in [1.82, 2.24) is 0 Å². The minimum absolute atomic E-state index is 0.142. The van der Waals surface area contributed by atoms with E-state index in [1.165, 1.54) is 11.8 Å². The second-order valence-electron chi connectivity index (χ2n) is 9.50.